The molecule has 0 aliphatic carbocycles. The van der Waals surface area contributed by atoms with Crippen LogP contribution in [0.2, 0.25) is 5.15 Å². The largest absolute Gasteiger partial charge is 0.306 e. The van der Waals surface area contributed by atoms with E-state index in [1.807, 2.05) is 0 Å². The van der Waals surface area contributed by atoms with Gasteiger partial charge in [-0.3, -0.25) is 0 Å². The lowest BCUT2D eigenvalue weighted by Gasteiger charge is -2.12. The quantitative estimate of drug-likeness (QED) is 0.355. The smallest absolute Gasteiger partial charge is 0.164 e. The van der Waals surface area contributed by atoms with Crippen LogP contribution >= 0.6 is 50.1 Å². The van der Waals surface area contributed by atoms with E-state index >= 15 is 0 Å². The highest BCUT2D eigenvalue weighted by molar-refractivity contribution is 14.1. The molecule has 0 bridgehead atoms. The first kappa shape index (κ1) is 14.9. The number of fused-ring (bicyclic) bond motifs is 1. The minimum atomic E-state index is -0.371. The summed E-state index contributed by atoms with van der Waals surface area (Å²) in [6.07, 6.45) is 0.978. The van der Waals surface area contributed by atoms with Crippen molar-refractivity contribution in [2.45, 2.75) is 12.3 Å². The van der Waals surface area contributed by atoms with Gasteiger partial charge in [0, 0.05) is 21.4 Å². The summed E-state index contributed by atoms with van der Waals surface area (Å²) in [6.45, 7) is 1.89. The van der Waals surface area contributed by atoms with Crippen LogP contribution in [0.3, 0.4) is 0 Å². The topological polar surface area (TPSA) is 29.0 Å². The molecule has 1 unspecified atom stereocenters. The summed E-state index contributed by atoms with van der Waals surface area (Å²) in [7, 11) is 2.06. The average Bonchev–Trinajstić information content (AvgIpc) is 2.84. The third-order valence-electron chi connectivity index (χ3n) is 3.55. The molecule has 0 amide bonds. The number of halogens is 4. The van der Waals surface area contributed by atoms with Crippen molar-refractivity contribution in [3.8, 4) is 0 Å². The van der Waals surface area contributed by atoms with Crippen LogP contribution in [0.1, 0.15) is 18.2 Å². The second-order valence-corrected chi connectivity index (χ2v) is 7.32. The van der Waals surface area contributed by atoms with Crippen molar-refractivity contribution in [1.82, 2.24) is 14.9 Å². The lowest BCUT2D eigenvalue weighted by atomic mass is 10.1. The first-order valence-electron chi connectivity index (χ1n) is 6.16. The normalized spacial score (nSPS) is 19.9. The Bertz CT molecular complexity index is 697. The molecule has 1 aliphatic heterocycles. The highest BCUT2D eigenvalue weighted by Gasteiger charge is 2.25. The van der Waals surface area contributed by atoms with Crippen LogP contribution in [0.25, 0.3) is 10.9 Å². The van der Waals surface area contributed by atoms with Crippen molar-refractivity contribution in [1.29, 1.82) is 0 Å². The number of rotatable bonds is 1. The molecule has 0 saturated carbocycles. The van der Waals surface area contributed by atoms with E-state index in [0.717, 1.165) is 23.1 Å². The summed E-state index contributed by atoms with van der Waals surface area (Å²) in [5, 5.41) is 0.885. The fourth-order valence-electron chi connectivity index (χ4n) is 2.48. The Morgan fingerprint density at radius 2 is 2.25 bits per heavy atom. The van der Waals surface area contributed by atoms with Crippen LogP contribution in [0.15, 0.2) is 10.5 Å². The zero-order chi connectivity index (χ0) is 14.4. The van der Waals surface area contributed by atoms with Gasteiger partial charge in [-0.2, -0.15) is 0 Å². The predicted molar refractivity (Wildman–Crippen MR) is 89.8 cm³/mol. The third-order valence-corrected chi connectivity index (χ3v) is 6.21. The molecule has 1 saturated heterocycles. The van der Waals surface area contributed by atoms with Crippen molar-refractivity contribution in [3.05, 3.63) is 30.9 Å². The van der Waals surface area contributed by atoms with Crippen LogP contribution in [-0.4, -0.2) is 35.0 Å². The van der Waals surface area contributed by atoms with E-state index in [9.17, 15) is 4.39 Å². The van der Waals surface area contributed by atoms with Gasteiger partial charge in [0.15, 0.2) is 5.82 Å². The van der Waals surface area contributed by atoms with Gasteiger partial charge in [-0.25, -0.2) is 14.4 Å². The zero-order valence-electron chi connectivity index (χ0n) is 10.6. The Morgan fingerprint density at radius 3 is 2.90 bits per heavy atom. The fourth-order valence-corrected chi connectivity index (χ4v) is 3.56. The molecule has 1 aliphatic rings. The molecule has 1 fully saturated rings. The maximum Gasteiger partial charge on any atom is 0.164 e. The van der Waals surface area contributed by atoms with E-state index in [0.29, 0.717) is 26.4 Å². The minimum Gasteiger partial charge on any atom is -0.306 e. The van der Waals surface area contributed by atoms with E-state index in [2.05, 4.69) is 60.4 Å². The molecule has 2 aromatic rings. The summed E-state index contributed by atoms with van der Waals surface area (Å²) < 4.78 is 15.6. The maximum absolute atomic E-state index is 14.4. The Morgan fingerprint density at radius 1 is 1.50 bits per heavy atom. The van der Waals surface area contributed by atoms with Gasteiger partial charge < -0.3 is 4.90 Å². The van der Waals surface area contributed by atoms with Crippen LogP contribution in [0.5, 0.6) is 0 Å². The molecule has 0 spiro atoms. The maximum atomic E-state index is 14.4. The van der Waals surface area contributed by atoms with E-state index in [4.69, 9.17) is 11.6 Å². The Balaban J connectivity index is 2.18. The lowest BCUT2D eigenvalue weighted by molar-refractivity contribution is 0.409. The number of benzene rings is 1. The second-order valence-electron chi connectivity index (χ2n) is 5.00. The standard InChI is InChI=1S/C13H11BrClFIN3/c1-20-3-2-6(5-20)13-18-11-7(12(15)19-13)4-8(17)9(14)10(11)16/h4,6H,2-3,5H2,1H3. The SMILES string of the molecule is CN1CCC(c2nc(Cl)c3cc(I)c(Br)c(F)c3n2)C1. The molecule has 3 rings (SSSR count). The van der Waals surface area contributed by atoms with Crippen LogP contribution in [0.4, 0.5) is 4.39 Å². The third kappa shape index (κ3) is 2.55. The number of likely N-dealkylation sites (tertiary alicyclic amines) is 1. The second kappa shape index (κ2) is 5.62. The molecule has 0 radical (unpaired) electrons. The van der Waals surface area contributed by atoms with Gasteiger partial charge >= 0.3 is 0 Å². The van der Waals surface area contributed by atoms with E-state index in [-0.39, 0.29) is 11.7 Å². The summed E-state index contributed by atoms with van der Waals surface area (Å²) in [5.41, 5.74) is 0.293. The van der Waals surface area contributed by atoms with Crippen molar-refractivity contribution in [3.63, 3.8) is 0 Å². The van der Waals surface area contributed by atoms with Gasteiger partial charge in [0.25, 0.3) is 0 Å². The number of hydrogen-bond donors (Lipinski definition) is 0. The monoisotopic (exact) mass is 469 g/mol. The first-order valence-corrected chi connectivity index (χ1v) is 8.41. The van der Waals surface area contributed by atoms with Crippen molar-refractivity contribution >= 4 is 61.0 Å². The van der Waals surface area contributed by atoms with Crippen LogP contribution in [-0.2, 0) is 0 Å². The predicted octanol–water partition coefficient (Wildman–Crippen LogP) is 4.21. The van der Waals surface area contributed by atoms with E-state index in [1.54, 1.807) is 6.07 Å². The molecule has 2 heterocycles. The number of aromatic nitrogens is 2. The summed E-state index contributed by atoms with van der Waals surface area (Å²) in [5.74, 6) is 0.488. The van der Waals surface area contributed by atoms with Gasteiger partial charge in [0.05, 0.1) is 4.47 Å². The molecule has 7 heteroatoms. The van der Waals surface area contributed by atoms with E-state index < -0.39 is 0 Å². The molecule has 0 N–H and O–H groups in total. The number of likely N-dealkylation sites (N-methyl/N-ethyl adjacent to an activating group) is 1. The molecule has 1 aromatic carbocycles. The lowest BCUT2D eigenvalue weighted by Crippen LogP contribution is -2.14. The molecular formula is C13H11BrClFIN3. The number of hydrogen-bond acceptors (Lipinski definition) is 3. The molecule has 3 nitrogen and oxygen atoms in total. The highest BCUT2D eigenvalue weighted by atomic mass is 127. The Kier molecular flexibility index (Phi) is 4.18. The molecule has 106 valence electrons. The molecular weight excluding hydrogens is 459 g/mol. The van der Waals surface area contributed by atoms with Crippen molar-refractivity contribution in [2.75, 3.05) is 20.1 Å². The van der Waals surface area contributed by atoms with Crippen LogP contribution in [0, 0.1) is 9.39 Å². The molecule has 1 atom stereocenters. The van der Waals surface area contributed by atoms with Crippen molar-refractivity contribution in [2.24, 2.45) is 0 Å². The van der Waals surface area contributed by atoms with Gasteiger partial charge in [0.2, 0.25) is 0 Å². The summed E-state index contributed by atoms with van der Waals surface area (Å²) in [4.78, 5) is 11.0. The summed E-state index contributed by atoms with van der Waals surface area (Å²) >= 11 is 11.5. The summed E-state index contributed by atoms with van der Waals surface area (Å²) in [6, 6.07) is 1.80. The van der Waals surface area contributed by atoms with Gasteiger partial charge in [-0.1, -0.05) is 11.6 Å². The Labute approximate surface area is 143 Å². The highest BCUT2D eigenvalue weighted by Crippen LogP contribution is 2.33. The molecule has 1 aromatic heterocycles. The first-order chi connectivity index (χ1) is 9.47. The van der Waals surface area contributed by atoms with Gasteiger partial charge in [-0.15, -0.1) is 0 Å². The van der Waals surface area contributed by atoms with Gasteiger partial charge in [-0.05, 0) is 64.6 Å². The number of nitrogens with zero attached hydrogens (tertiary/aromatic N) is 3. The van der Waals surface area contributed by atoms with E-state index in [1.165, 1.54) is 0 Å². The van der Waals surface area contributed by atoms with Crippen LogP contribution < -0.4 is 0 Å². The molecule has 20 heavy (non-hydrogen) atoms. The average molecular weight is 471 g/mol. The van der Waals surface area contributed by atoms with Gasteiger partial charge in [0.1, 0.15) is 16.5 Å². The zero-order valence-corrected chi connectivity index (χ0v) is 15.1. The Hall–Kier alpha value is -0.0500. The fraction of sp³-hybridized carbons (Fsp3) is 0.385. The van der Waals surface area contributed by atoms with Crippen molar-refractivity contribution < 1.29 is 4.39 Å². The minimum absolute atomic E-state index is 0.222.